The number of unbranched alkanes of at least 4 members (excludes halogenated alkanes) is 1. The summed E-state index contributed by atoms with van der Waals surface area (Å²) in [6, 6.07) is 20.1. The predicted octanol–water partition coefficient (Wildman–Crippen LogP) is 6.64. The molecule has 0 unspecified atom stereocenters. The lowest BCUT2D eigenvalue weighted by Gasteiger charge is -2.23. The molecule has 0 bridgehead atoms. The summed E-state index contributed by atoms with van der Waals surface area (Å²) in [5, 5.41) is 20.1. The first-order valence-electron chi connectivity index (χ1n) is 13.6. The van der Waals surface area contributed by atoms with Gasteiger partial charge in [-0.2, -0.15) is 0 Å². The number of methoxy groups -OCH3 is 1. The standard InChI is InChI=1S/C30H34N2O5.C2H6/c1-4-32(20-22-9-5-6-10-27(22)36-3)18-8-7-17-31(2)23-13-11-21(12-14-23)28-19-26(34)24-15-16-25(33)29(35)30(24)37-28;1-2/h5-6,9-16,19,33,35H,4,7-8,17-18,20H2,1-3H3;1-2H3. The van der Waals surface area contributed by atoms with Crippen LogP contribution in [0.25, 0.3) is 22.3 Å². The van der Waals surface area contributed by atoms with Crippen molar-refractivity contribution in [2.45, 2.75) is 40.2 Å². The Kier molecular flexibility index (Phi) is 10.8. The second-order valence-electron chi connectivity index (χ2n) is 9.14. The third kappa shape index (κ3) is 7.33. The molecule has 4 rings (SSSR count). The maximum Gasteiger partial charge on any atom is 0.201 e. The minimum absolute atomic E-state index is 0.0180. The van der Waals surface area contributed by atoms with E-state index in [0.717, 1.165) is 50.5 Å². The minimum Gasteiger partial charge on any atom is -0.504 e. The van der Waals surface area contributed by atoms with Crippen molar-refractivity contribution < 1.29 is 19.4 Å². The summed E-state index contributed by atoms with van der Waals surface area (Å²) in [6.45, 7) is 9.98. The molecular weight excluding hydrogens is 492 g/mol. The Bertz CT molecular complexity index is 1400. The van der Waals surface area contributed by atoms with Crippen LogP contribution < -0.4 is 15.1 Å². The lowest BCUT2D eigenvalue weighted by Crippen LogP contribution is -2.25. The van der Waals surface area contributed by atoms with Gasteiger partial charge in [-0.25, -0.2) is 0 Å². The van der Waals surface area contributed by atoms with Gasteiger partial charge in [0.2, 0.25) is 5.75 Å². The van der Waals surface area contributed by atoms with Crippen LogP contribution in [0.5, 0.6) is 17.2 Å². The Morgan fingerprint density at radius 2 is 1.62 bits per heavy atom. The third-order valence-electron chi connectivity index (χ3n) is 6.69. The zero-order valence-electron chi connectivity index (χ0n) is 23.6. The molecule has 0 aliphatic heterocycles. The van der Waals surface area contributed by atoms with E-state index < -0.39 is 5.75 Å². The minimum atomic E-state index is -0.433. The van der Waals surface area contributed by atoms with E-state index in [1.165, 1.54) is 23.8 Å². The van der Waals surface area contributed by atoms with Crippen molar-refractivity contribution in [1.29, 1.82) is 0 Å². The van der Waals surface area contributed by atoms with Gasteiger partial charge < -0.3 is 24.3 Å². The van der Waals surface area contributed by atoms with Crippen molar-refractivity contribution in [3.05, 3.63) is 82.5 Å². The van der Waals surface area contributed by atoms with E-state index in [2.05, 4.69) is 29.8 Å². The van der Waals surface area contributed by atoms with Crippen LogP contribution in [0.1, 0.15) is 39.2 Å². The molecule has 4 aromatic rings. The number of nitrogens with zero attached hydrogens (tertiary/aromatic N) is 2. The van der Waals surface area contributed by atoms with Gasteiger partial charge in [-0.1, -0.05) is 39.0 Å². The van der Waals surface area contributed by atoms with Gasteiger partial charge in [0.25, 0.3) is 0 Å². The fourth-order valence-electron chi connectivity index (χ4n) is 4.45. The number of aromatic hydroxyl groups is 2. The highest BCUT2D eigenvalue weighted by Crippen LogP contribution is 2.34. The second-order valence-corrected chi connectivity index (χ2v) is 9.14. The number of hydrogen-bond donors (Lipinski definition) is 2. The van der Waals surface area contributed by atoms with E-state index in [0.29, 0.717) is 11.3 Å². The summed E-state index contributed by atoms with van der Waals surface area (Å²) in [5.41, 5.74) is 2.69. The number of para-hydroxylation sites is 1. The quantitative estimate of drug-likeness (QED) is 0.165. The molecule has 0 radical (unpaired) electrons. The van der Waals surface area contributed by atoms with Gasteiger partial charge in [-0.3, -0.25) is 9.69 Å². The summed E-state index contributed by atoms with van der Waals surface area (Å²) >= 11 is 0. The first-order valence-corrected chi connectivity index (χ1v) is 13.6. The number of phenols is 2. The molecule has 208 valence electrons. The van der Waals surface area contributed by atoms with Crippen LogP contribution in [0, 0.1) is 0 Å². The Labute approximate surface area is 230 Å². The van der Waals surface area contributed by atoms with Gasteiger partial charge >= 0.3 is 0 Å². The molecule has 39 heavy (non-hydrogen) atoms. The topological polar surface area (TPSA) is 86.4 Å². The summed E-state index contributed by atoms with van der Waals surface area (Å²) in [4.78, 5) is 17.1. The number of ether oxygens (including phenoxy) is 1. The molecule has 0 spiro atoms. The van der Waals surface area contributed by atoms with Crippen molar-refractivity contribution in [3.63, 3.8) is 0 Å². The average molecular weight is 533 g/mol. The van der Waals surface area contributed by atoms with Crippen molar-refractivity contribution in [2.75, 3.05) is 38.7 Å². The van der Waals surface area contributed by atoms with Crippen LogP contribution in [0.2, 0.25) is 0 Å². The van der Waals surface area contributed by atoms with Crippen molar-refractivity contribution in [3.8, 4) is 28.6 Å². The van der Waals surface area contributed by atoms with Crippen LogP contribution in [-0.4, -0.2) is 48.9 Å². The van der Waals surface area contributed by atoms with E-state index in [-0.39, 0.29) is 22.1 Å². The molecule has 0 saturated carbocycles. The first-order chi connectivity index (χ1) is 18.9. The molecule has 7 heteroatoms. The van der Waals surface area contributed by atoms with Gasteiger partial charge in [0.05, 0.1) is 12.5 Å². The van der Waals surface area contributed by atoms with Crippen molar-refractivity contribution >= 4 is 16.7 Å². The van der Waals surface area contributed by atoms with Crippen molar-refractivity contribution in [1.82, 2.24) is 4.90 Å². The van der Waals surface area contributed by atoms with Crippen LogP contribution >= 0.6 is 0 Å². The lowest BCUT2D eigenvalue weighted by atomic mass is 10.1. The molecule has 0 fully saturated rings. The molecule has 1 heterocycles. The zero-order chi connectivity index (χ0) is 28.4. The Morgan fingerprint density at radius 3 is 2.31 bits per heavy atom. The highest BCUT2D eigenvalue weighted by Gasteiger charge is 2.14. The first kappa shape index (κ1) is 29.6. The highest BCUT2D eigenvalue weighted by atomic mass is 16.5. The van der Waals surface area contributed by atoms with Gasteiger partial charge in [-0.05, 0) is 68.4 Å². The number of rotatable bonds is 11. The number of anilines is 1. The largest absolute Gasteiger partial charge is 0.504 e. The normalized spacial score (nSPS) is 10.8. The zero-order valence-corrected chi connectivity index (χ0v) is 23.6. The molecule has 3 aromatic carbocycles. The van der Waals surface area contributed by atoms with Crippen LogP contribution in [-0.2, 0) is 6.54 Å². The molecule has 7 nitrogen and oxygen atoms in total. The molecule has 0 aliphatic carbocycles. The van der Waals surface area contributed by atoms with Gasteiger partial charge in [0.15, 0.2) is 16.8 Å². The van der Waals surface area contributed by atoms with Gasteiger partial charge in [0, 0.05) is 43.0 Å². The summed E-state index contributed by atoms with van der Waals surface area (Å²) in [7, 11) is 3.78. The smallest absolute Gasteiger partial charge is 0.201 e. The summed E-state index contributed by atoms with van der Waals surface area (Å²) in [5.74, 6) is 0.508. The Balaban J connectivity index is 0.00000205. The van der Waals surface area contributed by atoms with Crippen LogP contribution in [0.4, 0.5) is 5.69 Å². The third-order valence-corrected chi connectivity index (χ3v) is 6.69. The fourth-order valence-corrected chi connectivity index (χ4v) is 4.45. The number of benzene rings is 3. The predicted molar refractivity (Wildman–Crippen MR) is 159 cm³/mol. The maximum atomic E-state index is 12.5. The Hall–Kier alpha value is -3.97. The molecule has 2 N–H and O–H groups in total. The van der Waals surface area contributed by atoms with E-state index in [1.807, 2.05) is 56.3 Å². The van der Waals surface area contributed by atoms with E-state index in [9.17, 15) is 15.0 Å². The van der Waals surface area contributed by atoms with Gasteiger partial charge in [-0.15, -0.1) is 0 Å². The van der Waals surface area contributed by atoms with Crippen LogP contribution in [0.3, 0.4) is 0 Å². The Morgan fingerprint density at radius 1 is 0.923 bits per heavy atom. The molecule has 0 saturated heterocycles. The lowest BCUT2D eigenvalue weighted by molar-refractivity contribution is 0.269. The SMILES string of the molecule is CC.CCN(CCCCN(C)c1ccc(-c2cc(=O)c3ccc(O)c(O)c3o2)cc1)Cc1ccccc1OC. The van der Waals surface area contributed by atoms with E-state index >= 15 is 0 Å². The molecule has 0 aliphatic rings. The van der Waals surface area contributed by atoms with Crippen molar-refractivity contribution in [2.24, 2.45) is 0 Å². The maximum absolute atomic E-state index is 12.5. The number of phenolic OH excluding ortho intramolecular Hbond substituents is 2. The molecule has 0 atom stereocenters. The van der Waals surface area contributed by atoms with Gasteiger partial charge in [0.1, 0.15) is 11.5 Å². The summed E-state index contributed by atoms with van der Waals surface area (Å²) in [6.07, 6.45) is 2.15. The second kappa shape index (κ2) is 14.3. The molecule has 1 aromatic heterocycles. The fraction of sp³-hybridized carbons (Fsp3) is 0.344. The highest BCUT2D eigenvalue weighted by molar-refractivity contribution is 5.86. The van der Waals surface area contributed by atoms with Crippen LogP contribution in [0.15, 0.2) is 75.9 Å². The number of hydrogen-bond acceptors (Lipinski definition) is 7. The monoisotopic (exact) mass is 532 g/mol. The van der Waals surface area contributed by atoms with E-state index in [4.69, 9.17) is 9.15 Å². The molecule has 0 amide bonds. The molecular formula is C32H40N2O5. The summed E-state index contributed by atoms with van der Waals surface area (Å²) < 4.78 is 11.3. The van der Waals surface area contributed by atoms with E-state index in [1.54, 1.807) is 7.11 Å². The number of fused-ring (bicyclic) bond motifs is 1. The average Bonchev–Trinajstić information content (AvgIpc) is 2.97.